The van der Waals surface area contributed by atoms with Gasteiger partial charge in [-0.05, 0) is 0 Å². The first-order chi connectivity index (χ1) is 2.00. The number of hydrogen-bond donors (Lipinski definition) is 1. The van der Waals surface area contributed by atoms with Crippen molar-refractivity contribution in [3.8, 4) is 0 Å². The molecule has 0 fully saturated rings. The van der Waals surface area contributed by atoms with Crippen molar-refractivity contribution in [2.24, 2.45) is 0 Å². The van der Waals surface area contributed by atoms with Crippen LogP contribution >= 0.6 is 7.82 Å². The van der Waals surface area contributed by atoms with Crippen LogP contribution in [0.15, 0.2) is 0 Å². The minimum atomic E-state index is -5.14. The molecule has 0 heterocycles. The van der Waals surface area contributed by atoms with Crippen LogP contribution < -0.4 is 9.79 Å². The summed E-state index contributed by atoms with van der Waals surface area (Å²) in [6.07, 6.45) is 0. The SMILES string of the molecule is O=P([O-])([O-])O.[Sn+2]. The van der Waals surface area contributed by atoms with Gasteiger partial charge in [0, 0.05) is 0 Å². The molecule has 0 spiro atoms. The van der Waals surface area contributed by atoms with Crippen LogP contribution in [0.5, 0.6) is 0 Å². The van der Waals surface area contributed by atoms with Gasteiger partial charge in [-0.25, -0.2) is 0 Å². The van der Waals surface area contributed by atoms with E-state index >= 15 is 0 Å². The average Bonchev–Trinajstić information content (AvgIpc) is 0.722. The van der Waals surface area contributed by atoms with Crippen molar-refractivity contribution in [3.63, 3.8) is 0 Å². The molecule has 6 heteroatoms. The molecule has 0 bridgehead atoms. The minimum Gasteiger partial charge on any atom is -0.790 e. The first kappa shape index (κ1) is 10.0. The Bertz CT molecular complexity index is 53.7. The molecule has 0 aliphatic carbocycles. The topological polar surface area (TPSA) is 83.4 Å². The normalized spacial score (nSPS) is 9.83. The molecule has 1 N–H and O–H groups in total. The van der Waals surface area contributed by atoms with Gasteiger partial charge in [-0.15, -0.1) is 0 Å². The van der Waals surface area contributed by atoms with Gasteiger partial charge >= 0.3 is 23.9 Å². The Morgan fingerprint density at radius 2 is 1.50 bits per heavy atom. The fourth-order valence-electron chi connectivity index (χ4n) is 0. The van der Waals surface area contributed by atoms with E-state index in [9.17, 15) is 0 Å². The van der Waals surface area contributed by atoms with Crippen molar-refractivity contribution in [1.82, 2.24) is 0 Å². The molecule has 4 nitrogen and oxygen atoms in total. The smallest absolute Gasteiger partial charge is 0.790 e. The third kappa shape index (κ3) is 90.8. The van der Waals surface area contributed by atoms with E-state index in [4.69, 9.17) is 19.2 Å². The summed E-state index contributed by atoms with van der Waals surface area (Å²) in [5.41, 5.74) is 0. The largest absolute Gasteiger partial charge is 2.00 e. The average molecular weight is 215 g/mol. The molecule has 2 radical (unpaired) electrons. The second-order valence-electron chi connectivity index (χ2n) is 0.469. The van der Waals surface area contributed by atoms with Crippen LogP contribution in [0.1, 0.15) is 0 Å². The second kappa shape index (κ2) is 2.98. The molecule has 0 aliphatic rings. The Hall–Kier alpha value is 0.909. The summed E-state index contributed by atoms with van der Waals surface area (Å²) in [7, 11) is -5.14. The van der Waals surface area contributed by atoms with Gasteiger partial charge in [0.05, 0.1) is 7.82 Å². The first-order valence-electron chi connectivity index (χ1n) is 0.748. The van der Waals surface area contributed by atoms with E-state index in [-0.39, 0.29) is 23.9 Å². The van der Waals surface area contributed by atoms with Gasteiger partial charge in [0.15, 0.2) is 0 Å². The van der Waals surface area contributed by atoms with Crippen molar-refractivity contribution in [3.05, 3.63) is 0 Å². The van der Waals surface area contributed by atoms with E-state index < -0.39 is 7.82 Å². The number of hydrogen-bond acceptors (Lipinski definition) is 3. The van der Waals surface area contributed by atoms with Gasteiger partial charge in [-0.1, -0.05) is 0 Å². The monoisotopic (exact) mass is 216 g/mol. The van der Waals surface area contributed by atoms with Crippen LogP contribution in [0.2, 0.25) is 0 Å². The van der Waals surface area contributed by atoms with E-state index in [1.165, 1.54) is 0 Å². The van der Waals surface area contributed by atoms with E-state index in [0.29, 0.717) is 0 Å². The number of phosphoric acid groups is 1. The van der Waals surface area contributed by atoms with Crippen LogP contribution in [-0.2, 0) is 4.57 Å². The molecular weight excluding hydrogens is 214 g/mol. The van der Waals surface area contributed by atoms with Gasteiger partial charge < -0.3 is 19.2 Å². The molecule has 0 atom stereocenters. The van der Waals surface area contributed by atoms with Gasteiger partial charge in [-0.3, -0.25) is 0 Å². The Balaban J connectivity index is 0. The maximum absolute atomic E-state index is 8.66. The predicted octanol–water partition coefficient (Wildman–Crippen LogP) is -2.57. The third-order valence-electron chi connectivity index (χ3n) is 0. The molecule has 0 saturated carbocycles. The summed E-state index contributed by atoms with van der Waals surface area (Å²) in [6.45, 7) is 0. The van der Waals surface area contributed by atoms with Crippen LogP contribution in [0, 0.1) is 0 Å². The molecule has 0 unspecified atom stereocenters. The Morgan fingerprint density at radius 1 is 1.50 bits per heavy atom. The standard InChI is InChI=1S/H3O4P.Sn/c1-5(2,3)4;/h(H3,1,2,3,4);/q;+2/p-2. The molecule has 6 heavy (non-hydrogen) atoms. The van der Waals surface area contributed by atoms with Crippen molar-refractivity contribution in [2.75, 3.05) is 0 Å². The second-order valence-corrected chi connectivity index (χ2v) is 1.41. The van der Waals surface area contributed by atoms with Crippen LogP contribution in [0.4, 0.5) is 0 Å². The first-order valence-corrected chi connectivity index (χ1v) is 2.24. The summed E-state index contributed by atoms with van der Waals surface area (Å²) in [4.78, 5) is 24.3. The summed E-state index contributed by atoms with van der Waals surface area (Å²) in [5.74, 6) is 0. The summed E-state index contributed by atoms with van der Waals surface area (Å²) < 4.78 is 8.66. The summed E-state index contributed by atoms with van der Waals surface area (Å²) >= 11 is 0. The molecule has 0 aromatic heterocycles. The third-order valence-corrected chi connectivity index (χ3v) is 0. The van der Waals surface area contributed by atoms with Gasteiger partial charge in [0.2, 0.25) is 0 Å². The van der Waals surface area contributed by atoms with Crippen molar-refractivity contribution in [2.45, 2.75) is 0 Å². The molecule has 0 saturated heterocycles. The van der Waals surface area contributed by atoms with Crippen LogP contribution in [0.25, 0.3) is 0 Å². The van der Waals surface area contributed by atoms with Gasteiger partial charge in [0.1, 0.15) is 0 Å². The summed E-state index contributed by atoms with van der Waals surface area (Å²) in [5, 5.41) is 0. The van der Waals surface area contributed by atoms with Crippen LogP contribution in [0.3, 0.4) is 0 Å². The fraction of sp³-hybridized carbons (Fsp3) is 0. The number of rotatable bonds is 0. The van der Waals surface area contributed by atoms with Crippen LogP contribution in [-0.4, -0.2) is 28.8 Å². The van der Waals surface area contributed by atoms with Crippen molar-refractivity contribution >= 4 is 31.7 Å². The molecule has 0 aromatic carbocycles. The predicted molar refractivity (Wildman–Crippen MR) is 15.6 cm³/mol. The molecular formula is HO4PSn. The fourth-order valence-corrected chi connectivity index (χ4v) is 0. The quantitative estimate of drug-likeness (QED) is 0.355. The van der Waals surface area contributed by atoms with E-state index in [1.54, 1.807) is 0 Å². The Morgan fingerprint density at radius 3 is 1.50 bits per heavy atom. The Kier molecular flexibility index (Phi) is 4.98. The Labute approximate surface area is 51.4 Å². The van der Waals surface area contributed by atoms with E-state index in [0.717, 1.165) is 0 Å². The van der Waals surface area contributed by atoms with Crippen molar-refractivity contribution in [1.29, 1.82) is 0 Å². The van der Waals surface area contributed by atoms with Gasteiger partial charge in [0.25, 0.3) is 0 Å². The molecule has 0 amide bonds. The van der Waals surface area contributed by atoms with E-state index in [1.807, 2.05) is 0 Å². The summed E-state index contributed by atoms with van der Waals surface area (Å²) in [6, 6.07) is 0. The van der Waals surface area contributed by atoms with E-state index in [2.05, 4.69) is 0 Å². The molecule has 0 aromatic rings. The van der Waals surface area contributed by atoms with Gasteiger partial charge in [-0.2, -0.15) is 0 Å². The zero-order valence-electron chi connectivity index (χ0n) is 2.62. The minimum absolute atomic E-state index is 0. The zero-order valence-corrected chi connectivity index (χ0v) is 6.37. The zero-order chi connectivity index (χ0) is 4.50. The maximum atomic E-state index is 8.66. The van der Waals surface area contributed by atoms with Crippen molar-refractivity contribution < 1.29 is 19.2 Å². The molecule has 34 valence electrons. The molecule has 0 aliphatic heterocycles. The maximum Gasteiger partial charge on any atom is 2.00 e. The molecule has 0 rings (SSSR count).